The molecule has 0 bridgehead atoms. The predicted molar refractivity (Wildman–Crippen MR) is 69.9 cm³/mol. The summed E-state index contributed by atoms with van der Waals surface area (Å²) in [5, 5.41) is 0. The van der Waals surface area contributed by atoms with Gasteiger partial charge >= 0.3 is 0 Å². The van der Waals surface area contributed by atoms with E-state index in [1.54, 1.807) is 18.2 Å². The third-order valence-corrected chi connectivity index (χ3v) is 4.19. The zero-order chi connectivity index (χ0) is 12.1. The molecule has 2 nitrogen and oxygen atoms in total. The first-order valence-electron chi connectivity index (χ1n) is 5.98. The van der Waals surface area contributed by atoms with Crippen molar-refractivity contribution < 1.29 is 9.13 Å². The molecule has 17 heavy (non-hydrogen) atoms. The zero-order valence-corrected chi connectivity index (χ0v) is 10.6. The minimum atomic E-state index is -0.320. The fraction of sp³-hybridized carbons (Fsp3) is 0.538. The summed E-state index contributed by atoms with van der Waals surface area (Å²) < 4.78 is 18.8. The number of halogens is 1. The van der Waals surface area contributed by atoms with Gasteiger partial charge in [0.05, 0.1) is 0 Å². The number of hydrogen-bond acceptors (Lipinski definition) is 3. The number of ether oxygens (including phenoxy) is 1. The first-order chi connectivity index (χ1) is 8.27. The number of para-hydroxylation sites is 1. The second-order valence-corrected chi connectivity index (χ2v) is 5.58. The van der Waals surface area contributed by atoms with Crippen LogP contribution >= 0.6 is 11.8 Å². The van der Waals surface area contributed by atoms with Crippen LogP contribution in [0.3, 0.4) is 0 Å². The maximum atomic E-state index is 13.3. The normalized spacial score (nSPS) is 18.9. The Morgan fingerprint density at radius 2 is 2.06 bits per heavy atom. The van der Waals surface area contributed by atoms with Crippen LogP contribution in [0.4, 0.5) is 4.39 Å². The highest BCUT2D eigenvalue weighted by molar-refractivity contribution is 7.99. The van der Waals surface area contributed by atoms with Crippen molar-refractivity contribution in [3.63, 3.8) is 0 Å². The molecule has 1 atom stereocenters. The van der Waals surface area contributed by atoms with Gasteiger partial charge in [0.15, 0.2) is 11.6 Å². The number of thioether (sulfide) groups is 1. The van der Waals surface area contributed by atoms with Gasteiger partial charge in [-0.1, -0.05) is 12.1 Å². The van der Waals surface area contributed by atoms with Crippen LogP contribution in [-0.2, 0) is 0 Å². The van der Waals surface area contributed by atoms with Gasteiger partial charge in [-0.3, -0.25) is 0 Å². The van der Waals surface area contributed by atoms with Gasteiger partial charge in [0, 0.05) is 6.04 Å². The quantitative estimate of drug-likeness (QED) is 0.898. The van der Waals surface area contributed by atoms with E-state index in [1.807, 2.05) is 11.8 Å². The predicted octanol–water partition coefficient (Wildman–Crippen LogP) is 2.68. The molecule has 1 aliphatic rings. The first kappa shape index (κ1) is 12.7. The molecule has 2 rings (SSSR count). The van der Waals surface area contributed by atoms with Crippen LogP contribution in [0.15, 0.2) is 24.3 Å². The summed E-state index contributed by atoms with van der Waals surface area (Å²) in [5.41, 5.74) is 6.09. The van der Waals surface area contributed by atoms with Gasteiger partial charge in [-0.2, -0.15) is 11.8 Å². The monoisotopic (exact) mass is 255 g/mol. The average Bonchev–Trinajstić information content (AvgIpc) is 2.38. The summed E-state index contributed by atoms with van der Waals surface area (Å²) in [4.78, 5) is 0. The molecule has 0 saturated carbocycles. The average molecular weight is 255 g/mol. The maximum Gasteiger partial charge on any atom is 0.165 e. The SMILES string of the molecule is NC(COc1ccccc1F)C1CCSCC1. The van der Waals surface area contributed by atoms with Crippen molar-refractivity contribution in [1.29, 1.82) is 0 Å². The number of nitrogens with two attached hydrogens (primary N) is 1. The Morgan fingerprint density at radius 3 is 2.76 bits per heavy atom. The standard InChI is InChI=1S/C13H18FNOS/c14-11-3-1-2-4-13(11)16-9-12(15)10-5-7-17-8-6-10/h1-4,10,12H,5-9,15H2. The highest BCUT2D eigenvalue weighted by atomic mass is 32.2. The van der Waals surface area contributed by atoms with Crippen LogP contribution in [-0.4, -0.2) is 24.2 Å². The summed E-state index contributed by atoms with van der Waals surface area (Å²) in [6.45, 7) is 0.399. The molecule has 0 radical (unpaired) electrons. The Hall–Kier alpha value is -0.740. The molecule has 0 aliphatic carbocycles. The van der Waals surface area contributed by atoms with E-state index in [4.69, 9.17) is 10.5 Å². The lowest BCUT2D eigenvalue weighted by atomic mass is 9.95. The topological polar surface area (TPSA) is 35.2 Å². The highest BCUT2D eigenvalue weighted by Crippen LogP contribution is 2.25. The molecule has 1 heterocycles. The number of benzene rings is 1. The fourth-order valence-electron chi connectivity index (χ4n) is 2.03. The Balaban J connectivity index is 1.83. The Kier molecular flexibility index (Phi) is 4.68. The smallest absolute Gasteiger partial charge is 0.165 e. The molecule has 0 aromatic heterocycles. The summed E-state index contributed by atoms with van der Waals surface area (Å²) in [6, 6.07) is 6.47. The summed E-state index contributed by atoms with van der Waals surface area (Å²) in [6.07, 6.45) is 2.29. The molecular formula is C13H18FNOS. The van der Waals surface area contributed by atoms with Crippen molar-refractivity contribution in [3.05, 3.63) is 30.1 Å². The van der Waals surface area contributed by atoms with Crippen molar-refractivity contribution in [2.75, 3.05) is 18.1 Å². The summed E-state index contributed by atoms with van der Waals surface area (Å²) in [5.74, 6) is 2.85. The zero-order valence-electron chi connectivity index (χ0n) is 9.77. The second-order valence-electron chi connectivity index (χ2n) is 4.36. The van der Waals surface area contributed by atoms with Gasteiger partial charge in [0.2, 0.25) is 0 Å². The van der Waals surface area contributed by atoms with Crippen LogP contribution in [0.1, 0.15) is 12.8 Å². The Morgan fingerprint density at radius 1 is 1.35 bits per heavy atom. The van der Waals surface area contributed by atoms with E-state index in [-0.39, 0.29) is 11.9 Å². The molecule has 2 N–H and O–H groups in total. The van der Waals surface area contributed by atoms with Crippen LogP contribution in [0.25, 0.3) is 0 Å². The van der Waals surface area contributed by atoms with E-state index in [0.717, 1.165) is 12.8 Å². The molecule has 0 spiro atoms. The molecule has 1 aromatic rings. The lowest BCUT2D eigenvalue weighted by Crippen LogP contribution is -2.37. The molecule has 1 unspecified atom stereocenters. The summed E-state index contributed by atoms with van der Waals surface area (Å²) in [7, 11) is 0. The van der Waals surface area contributed by atoms with E-state index in [2.05, 4.69) is 0 Å². The molecule has 94 valence electrons. The van der Waals surface area contributed by atoms with Crippen LogP contribution < -0.4 is 10.5 Å². The molecule has 1 fully saturated rings. The van der Waals surface area contributed by atoms with Crippen LogP contribution in [0, 0.1) is 11.7 Å². The Bertz CT molecular complexity index is 355. The van der Waals surface area contributed by atoms with E-state index in [0.29, 0.717) is 18.3 Å². The third-order valence-electron chi connectivity index (χ3n) is 3.14. The largest absolute Gasteiger partial charge is 0.489 e. The van der Waals surface area contributed by atoms with Gasteiger partial charge < -0.3 is 10.5 Å². The van der Waals surface area contributed by atoms with E-state index < -0.39 is 0 Å². The van der Waals surface area contributed by atoms with Gasteiger partial charge in [-0.25, -0.2) is 4.39 Å². The van der Waals surface area contributed by atoms with Crippen molar-refractivity contribution in [2.45, 2.75) is 18.9 Å². The van der Waals surface area contributed by atoms with Gasteiger partial charge in [0.25, 0.3) is 0 Å². The molecule has 1 saturated heterocycles. The second kappa shape index (κ2) is 6.26. The molecule has 1 aliphatic heterocycles. The third kappa shape index (κ3) is 3.61. The number of hydrogen-bond donors (Lipinski definition) is 1. The Labute approximate surface area is 106 Å². The molecule has 0 amide bonds. The number of rotatable bonds is 4. The minimum Gasteiger partial charge on any atom is -0.489 e. The van der Waals surface area contributed by atoms with E-state index in [9.17, 15) is 4.39 Å². The molecular weight excluding hydrogens is 237 g/mol. The molecule has 4 heteroatoms. The van der Waals surface area contributed by atoms with E-state index in [1.165, 1.54) is 17.6 Å². The lowest BCUT2D eigenvalue weighted by Gasteiger charge is -2.27. The van der Waals surface area contributed by atoms with Gasteiger partial charge in [0.1, 0.15) is 6.61 Å². The van der Waals surface area contributed by atoms with Gasteiger partial charge in [-0.05, 0) is 42.4 Å². The van der Waals surface area contributed by atoms with Gasteiger partial charge in [-0.15, -0.1) is 0 Å². The van der Waals surface area contributed by atoms with Crippen LogP contribution in [0.5, 0.6) is 5.75 Å². The fourth-order valence-corrected chi connectivity index (χ4v) is 3.17. The molecule has 1 aromatic carbocycles. The maximum absolute atomic E-state index is 13.3. The van der Waals surface area contributed by atoms with Crippen LogP contribution in [0.2, 0.25) is 0 Å². The lowest BCUT2D eigenvalue weighted by molar-refractivity contribution is 0.231. The van der Waals surface area contributed by atoms with Crippen molar-refractivity contribution in [2.24, 2.45) is 11.7 Å². The highest BCUT2D eigenvalue weighted by Gasteiger charge is 2.21. The first-order valence-corrected chi connectivity index (χ1v) is 7.13. The van der Waals surface area contributed by atoms with Crippen molar-refractivity contribution in [3.8, 4) is 5.75 Å². The van der Waals surface area contributed by atoms with E-state index >= 15 is 0 Å². The van der Waals surface area contributed by atoms with Crippen molar-refractivity contribution in [1.82, 2.24) is 0 Å². The minimum absolute atomic E-state index is 0.00973. The van der Waals surface area contributed by atoms with Crippen molar-refractivity contribution >= 4 is 11.8 Å². The summed E-state index contributed by atoms with van der Waals surface area (Å²) >= 11 is 1.98.